The molecule has 0 amide bonds. The third kappa shape index (κ3) is 14.4. The van der Waals surface area contributed by atoms with Gasteiger partial charge in [-0.1, -0.05) is 24.3 Å². The summed E-state index contributed by atoms with van der Waals surface area (Å²) >= 11 is 0. The molecule has 0 radical (unpaired) electrons. The van der Waals surface area contributed by atoms with Gasteiger partial charge in [-0.05, 0) is 48.5 Å². The molecule has 0 aliphatic rings. The van der Waals surface area contributed by atoms with Crippen LogP contribution < -0.4 is 20.4 Å². The molecule has 0 aliphatic heterocycles. The molecule has 13 heteroatoms. The molecule has 4 heterocycles. The van der Waals surface area contributed by atoms with Gasteiger partial charge in [0.25, 0.3) is 0 Å². The maximum Gasteiger partial charge on any atom is 4.00 e. The third-order valence-corrected chi connectivity index (χ3v) is 3.50. The largest absolute Gasteiger partial charge is 4.00 e. The van der Waals surface area contributed by atoms with E-state index in [2.05, 4.69) is 19.9 Å². The molecule has 0 saturated heterocycles. The minimum absolute atomic E-state index is 0. The van der Waals surface area contributed by atoms with Crippen LogP contribution in [0.2, 0.25) is 0 Å². The van der Waals surface area contributed by atoms with Crippen molar-refractivity contribution < 1.29 is 65.4 Å². The zero-order chi connectivity index (χ0) is 26.8. The molecule has 4 rings (SSSR count). The molecular weight excluding hydrogens is 651 g/mol. The molecule has 37 heavy (non-hydrogen) atoms. The van der Waals surface area contributed by atoms with Gasteiger partial charge in [-0.3, -0.25) is 19.9 Å². The predicted molar refractivity (Wildman–Crippen MR) is 114 cm³/mol. The van der Waals surface area contributed by atoms with Crippen LogP contribution in [0.1, 0.15) is 42.0 Å². The molecule has 0 N–H and O–H groups in total. The normalized spacial score (nSPS) is 8.65. The smallest absolute Gasteiger partial charge is 0.543 e. The Labute approximate surface area is 229 Å². The predicted octanol–water partition coefficient (Wildman–Crippen LogP) is -2.22. The Balaban J connectivity index is 0.000000463. The maximum atomic E-state index is 10.0. The fourth-order valence-corrected chi connectivity index (χ4v) is 1.93. The quantitative estimate of drug-likeness (QED) is 0.212. The third-order valence-electron chi connectivity index (χ3n) is 3.50. The van der Waals surface area contributed by atoms with Gasteiger partial charge in [-0.25, -0.2) is 0 Å². The summed E-state index contributed by atoms with van der Waals surface area (Å²) in [4.78, 5) is 54.2. The Bertz CT molecular complexity index is 1030. The Morgan fingerprint density at radius 2 is 0.595 bits per heavy atom. The molecule has 0 bridgehead atoms. The summed E-state index contributed by atoms with van der Waals surface area (Å²) in [6.45, 7) is 0. The van der Waals surface area contributed by atoms with Gasteiger partial charge in [0.1, 0.15) is 0 Å². The number of carbonyl (C=O) groups is 4. The van der Waals surface area contributed by atoms with Crippen molar-refractivity contribution in [1.29, 1.82) is 0 Å². The van der Waals surface area contributed by atoms with E-state index in [4.69, 9.17) is 0 Å². The summed E-state index contributed by atoms with van der Waals surface area (Å²) in [5.74, 6) is -4.96. The van der Waals surface area contributed by atoms with E-state index in [0.29, 0.717) is 0 Å². The number of hydrogen-bond acceptors (Lipinski definition) is 12. The van der Waals surface area contributed by atoms with Crippen LogP contribution in [0.25, 0.3) is 0 Å². The second-order valence-electron chi connectivity index (χ2n) is 6.01. The molecule has 0 atom stereocenters. The van der Waals surface area contributed by atoms with Gasteiger partial charge >= 0.3 is 25.8 Å². The molecule has 12 nitrogen and oxygen atoms in total. The summed E-state index contributed by atoms with van der Waals surface area (Å²) in [5.41, 5.74) is -0.120. The standard InChI is InChI=1S/4C6H5NO2.Hf/c4*8-6(9)5-3-1-2-4-7-5;/h4*1-4H,(H,8,9);/q;;;;+4/p-4. The summed E-state index contributed by atoms with van der Waals surface area (Å²) in [7, 11) is 0. The number of carboxylic acid groups (broad SMARTS) is 4. The van der Waals surface area contributed by atoms with Crippen LogP contribution in [0.4, 0.5) is 0 Å². The zero-order valence-electron chi connectivity index (χ0n) is 18.8. The van der Waals surface area contributed by atoms with Gasteiger partial charge in [0, 0.05) is 24.8 Å². The second kappa shape index (κ2) is 18.6. The first-order valence-corrected chi connectivity index (χ1v) is 9.71. The molecule has 184 valence electrons. The van der Waals surface area contributed by atoms with Gasteiger partial charge in [0.15, 0.2) is 0 Å². The van der Waals surface area contributed by atoms with Crippen LogP contribution in [-0.2, 0) is 25.8 Å². The first kappa shape index (κ1) is 32.4. The molecule has 0 aromatic carbocycles. The van der Waals surface area contributed by atoms with Crippen LogP contribution in [0.3, 0.4) is 0 Å². The van der Waals surface area contributed by atoms with E-state index < -0.39 is 23.9 Å². The maximum absolute atomic E-state index is 10.0. The number of aromatic carboxylic acids is 4. The number of carbonyl (C=O) groups excluding carboxylic acids is 4. The van der Waals surface area contributed by atoms with Crippen molar-refractivity contribution in [2.24, 2.45) is 0 Å². The van der Waals surface area contributed by atoms with Gasteiger partial charge in [0.05, 0.1) is 46.7 Å². The van der Waals surface area contributed by atoms with E-state index in [-0.39, 0.29) is 48.6 Å². The topological polar surface area (TPSA) is 212 Å². The fourth-order valence-electron chi connectivity index (χ4n) is 1.93. The monoisotopic (exact) mass is 668 g/mol. The van der Waals surface area contributed by atoms with E-state index in [1.807, 2.05) is 0 Å². The Morgan fingerprint density at radius 3 is 0.676 bits per heavy atom. The van der Waals surface area contributed by atoms with E-state index in [1.54, 1.807) is 48.5 Å². The second-order valence-corrected chi connectivity index (χ2v) is 6.01. The van der Waals surface area contributed by atoms with E-state index >= 15 is 0 Å². The van der Waals surface area contributed by atoms with Gasteiger partial charge in [-0.2, -0.15) is 0 Å². The van der Waals surface area contributed by atoms with Crippen molar-refractivity contribution >= 4 is 23.9 Å². The van der Waals surface area contributed by atoms with Crippen molar-refractivity contribution in [3.63, 3.8) is 0 Å². The Kier molecular flexibility index (Phi) is 16.3. The van der Waals surface area contributed by atoms with Crippen LogP contribution in [0.5, 0.6) is 0 Å². The van der Waals surface area contributed by atoms with Crippen LogP contribution >= 0.6 is 0 Å². The molecular formula is C24H16HfN4O8. The Morgan fingerprint density at radius 1 is 0.405 bits per heavy atom. The van der Waals surface area contributed by atoms with Gasteiger partial charge < -0.3 is 39.6 Å². The van der Waals surface area contributed by atoms with Crippen molar-refractivity contribution in [2.75, 3.05) is 0 Å². The average molecular weight is 667 g/mol. The number of pyridine rings is 4. The molecule has 4 aromatic rings. The van der Waals surface area contributed by atoms with Gasteiger partial charge in [-0.15, -0.1) is 0 Å². The molecule has 0 spiro atoms. The minimum atomic E-state index is -1.24. The first-order valence-electron chi connectivity index (χ1n) is 9.71. The Hall–Kier alpha value is -4.65. The average Bonchev–Trinajstić information content (AvgIpc) is 2.92. The summed E-state index contributed by atoms with van der Waals surface area (Å²) in [6, 6.07) is 18.5. The van der Waals surface area contributed by atoms with Crippen LogP contribution in [0, 0.1) is 0 Å². The van der Waals surface area contributed by atoms with Gasteiger partial charge in [0.2, 0.25) is 0 Å². The fraction of sp³-hybridized carbons (Fsp3) is 0. The zero-order valence-corrected chi connectivity index (χ0v) is 22.4. The van der Waals surface area contributed by atoms with Crippen molar-refractivity contribution in [2.45, 2.75) is 0 Å². The number of hydrogen-bond donors (Lipinski definition) is 0. The number of carboxylic acids is 4. The number of nitrogens with zero attached hydrogens (tertiary/aromatic N) is 4. The number of rotatable bonds is 4. The van der Waals surface area contributed by atoms with E-state index in [1.165, 1.54) is 49.1 Å². The summed E-state index contributed by atoms with van der Waals surface area (Å²) < 4.78 is 0. The summed E-state index contributed by atoms with van der Waals surface area (Å²) in [6.07, 6.45) is 5.63. The summed E-state index contributed by atoms with van der Waals surface area (Å²) in [5, 5.41) is 40.1. The van der Waals surface area contributed by atoms with E-state index in [0.717, 1.165) is 0 Å². The molecule has 4 aromatic heterocycles. The van der Waals surface area contributed by atoms with Crippen LogP contribution in [-0.4, -0.2) is 43.8 Å². The van der Waals surface area contributed by atoms with Crippen LogP contribution in [0.15, 0.2) is 97.6 Å². The first-order chi connectivity index (χ1) is 17.2. The van der Waals surface area contributed by atoms with E-state index in [9.17, 15) is 39.6 Å². The molecule has 0 fully saturated rings. The van der Waals surface area contributed by atoms with Crippen molar-refractivity contribution in [3.8, 4) is 0 Å². The van der Waals surface area contributed by atoms with Crippen molar-refractivity contribution in [1.82, 2.24) is 19.9 Å². The SMILES string of the molecule is O=C([O-])c1ccccn1.O=C([O-])c1ccccn1.O=C([O-])c1ccccn1.O=C([O-])c1ccccn1.[Hf+4]. The van der Waals surface area contributed by atoms with Crippen molar-refractivity contribution in [3.05, 3.63) is 120 Å². The number of aromatic nitrogens is 4. The molecule has 0 aliphatic carbocycles. The minimum Gasteiger partial charge on any atom is -0.543 e. The molecule has 0 saturated carbocycles. The molecule has 0 unspecified atom stereocenters.